The van der Waals surface area contributed by atoms with Gasteiger partial charge < -0.3 is 0 Å². The maximum atomic E-state index is 5.66. The number of rotatable bonds is 3. The minimum Gasteiger partial charge on any atom is -0.275 e. The number of allylic oxidation sites excluding steroid dienone is 2. The van der Waals surface area contributed by atoms with E-state index in [0.29, 0.717) is 0 Å². The van der Waals surface area contributed by atoms with Gasteiger partial charge in [0.2, 0.25) is 0 Å². The van der Waals surface area contributed by atoms with Crippen molar-refractivity contribution in [2.45, 2.75) is 13.8 Å². The summed E-state index contributed by atoms with van der Waals surface area (Å²) in [7, 11) is 0. The van der Waals surface area contributed by atoms with E-state index in [1.165, 1.54) is 0 Å². The van der Waals surface area contributed by atoms with Crippen LogP contribution in [0.3, 0.4) is 0 Å². The normalized spacial score (nSPS) is 21.4. The first-order chi connectivity index (χ1) is 5.23. The molecule has 0 aromatic heterocycles. The van der Waals surface area contributed by atoms with Gasteiger partial charge in [-0.2, -0.15) is 0 Å². The summed E-state index contributed by atoms with van der Waals surface area (Å²) >= 11 is 5.66. The molecule has 0 spiro atoms. The Morgan fingerprint density at radius 3 is 2.09 bits per heavy atom. The molecule has 0 unspecified atom stereocenters. The molecule has 1 nitrogen and oxygen atoms in total. The Morgan fingerprint density at radius 2 is 1.73 bits per heavy atom. The van der Waals surface area contributed by atoms with Crippen molar-refractivity contribution in [3.8, 4) is 0 Å². The molecule has 1 aliphatic rings. The first kappa shape index (κ1) is 9.44. The van der Waals surface area contributed by atoms with Crippen molar-refractivity contribution in [1.82, 2.24) is 4.67 Å². The molecule has 0 aromatic rings. The fourth-order valence-electron chi connectivity index (χ4n) is 1.52. The average Bonchev–Trinajstić information content (AvgIpc) is 2.39. The molecule has 0 radical (unpaired) electrons. The molecule has 1 rings (SSSR count). The Morgan fingerprint density at radius 1 is 1.27 bits per heavy atom. The monoisotopic (exact) mass is 189 g/mol. The molecule has 0 aromatic carbocycles. The third kappa shape index (κ3) is 1.93. The van der Waals surface area contributed by atoms with Gasteiger partial charge in [0.15, 0.2) is 0 Å². The lowest BCUT2D eigenvalue weighted by Crippen LogP contribution is -2.20. The van der Waals surface area contributed by atoms with Gasteiger partial charge in [-0.15, -0.1) is 0 Å². The van der Waals surface area contributed by atoms with Crippen molar-refractivity contribution in [2.75, 3.05) is 25.4 Å². The van der Waals surface area contributed by atoms with E-state index in [1.54, 1.807) is 0 Å². The fourth-order valence-corrected chi connectivity index (χ4v) is 5.33. The van der Waals surface area contributed by atoms with E-state index >= 15 is 0 Å². The molecular formula is C8H16NPS. The van der Waals surface area contributed by atoms with E-state index in [4.69, 9.17) is 11.8 Å². The van der Waals surface area contributed by atoms with Crippen molar-refractivity contribution in [3.05, 3.63) is 12.2 Å². The van der Waals surface area contributed by atoms with Crippen LogP contribution in [0, 0.1) is 0 Å². The lowest BCUT2D eigenvalue weighted by Gasteiger charge is -2.29. The maximum Gasteiger partial charge on any atom is 0.0223 e. The van der Waals surface area contributed by atoms with Gasteiger partial charge in [0, 0.05) is 18.5 Å². The van der Waals surface area contributed by atoms with Crippen LogP contribution in [0.15, 0.2) is 12.2 Å². The Hall–Kier alpha value is 0.350. The van der Waals surface area contributed by atoms with Crippen LogP contribution in [0.1, 0.15) is 13.8 Å². The van der Waals surface area contributed by atoms with Crippen molar-refractivity contribution in [3.63, 3.8) is 0 Å². The zero-order valence-electron chi connectivity index (χ0n) is 7.29. The van der Waals surface area contributed by atoms with Crippen LogP contribution in [-0.2, 0) is 11.8 Å². The van der Waals surface area contributed by atoms with Crippen molar-refractivity contribution >= 4 is 18.0 Å². The first-order valence-corrected chi connectivity index (χ1v) is 7.34. The van der Waals surface area contributed by atoms with Gasteiger partial charge >= 0.3 is 0 Å². The molecule has 0 saturated heterocycles. The summed E-state index contributed by atoms with van der Waals surface area (Å²) in [5.41, 5.74) is 0. The lowest BCUT2D eigenvalue weighted by atomic mass is 10.6. The van der Waals surface area contributed by atoms with Gasteiger partial charge in [0.1, 0.15) is 0 Å². The molecule has 11 heavy (non-hydrogen) atoms. The van der Waals surface area contributed by atoms with E-state index in [-0.39, 0.29) is 0 Å². The van der Waals surface area contributed by atoms with E-state index in [9.17, 15) is 0 Å². The number of hydrogen-bond acceptors (Lipinski definition) is 1. The maximum absolute atomic E-state index is 5.66. The Balaban J connectivity index is 2.63. The van der Waals surface area contributed by atoms with Gasteiger partial charge in [0.25, 0.3) is 0 Å². The molecular weight excluding hydrogens is 173 g/mol. The number of nitrogens with zero attached hydrogens (tertiary/aromatic N) is 1. The predicted molar refractivity (Wildman–Crippen MR) is 56.1 cm³/mol. The summed E-state index contributed by atoms with van der Waals surface area (Å²) in [6.45, 7) is 6.65. The molecule has 0 saturated carbocycles. The highest BCUT2D eigenvalue weighted by Gasteiger charge is 2.23. The Kier molecular flexibility index (Phi) is 3.29. The second-order valence-electron chi connectivity index (χ2n) is 2.82. The van der Waals surface area contributed by atoms with Gasteiger partial charge in [0.05, 0.1) is 0 Å². The van der Waals surface area contributed by atoms with Crippen LogP contribution < -0.4 is 0 Å². The Bertz CT molecular complexity index is 184. The summed E-state index contributed by atoms with van der Waals surface area (Å²) in [4.78, 5) is 0. The van der Waals surface area contributed by atoms with Gasteiger partial charge in [-0.05, 0) is 13.1 Å². The molecule has 1 heterocycles. The van der Waals surface area contributed by atoms with Gasteiger partial charge in [-0.3, -0.25) is 4.67 Å². The standard InChI is InChI=1S/C8H16NPS/c1-3-9(4-2)10(11)7-5-6-8-10/h5-6H,3-4,7-8H2,1-2H3. The van der Waals surface area contributed by atoms with E-state index in [2.05, 4.69) is 30.7 Å². The topological polar surface area (TPSA) is 3.24 Å². The highest BCUT2D eigenvalue weighted by Crippen LogP contribution is 2.52. The first-order valence-electron chi connectivity index (χ1n) is 4.21. The zero-order valence-corrected chi connectivity index (χ0v) is 9.00. The summed E-state index contributed by atoms with van der Waals surface area (Å²) < 4.78 is 2.47. The minimum absolute atomic E-state index is 1.12. The fraction of sp³-hybridized carbons (Fsp3) is 0.750. The largest absolute Gasteiger partial charge is 0.275 e. The summed E-state index contributed by atoms with van der Waals surface area (Å²) in [6, 6.07) is 0. The SMILES string of the molecule is CCN(CC)P1(=S)CC=CC1. The number of hydrogen-bond donors (Lipinski definition) is 0. The van der Waals surface area contributed by atoms with Crippen LogP contribution >= 0.6 is 6.19 Å². The Labute approximate surface area is 74.5 Å². The van der Waals surface area contributed by atoms with Crippen LogP contribution in [0.5, 0.6) is 0 Å². The summed E-state index contributed by atoms with van der Waals surface area (Å²) in [5, 5.41) is 0. The molecule has 0 N–H and O–H groups in total. The third-order valence-corrected chi connectivity index (χ3v) is 6.94. The molecule has 1 aliphatic heterocycles. The molecule has 0 aliphatic carbocycles. The van der Waals surface area contributed by atoms with Crippen LogP contribution in [0.25, 0.3) is 0 Å². The third-order valence-electron chi connectivity index (χ3n) is 2.19. The highest BCUT2D eigenvalue weighted by atomic mass is 32.4. The second-order valence-corrected chi connectivity index (χ2v) is 7.85. The quantitative estimate of drug-likeness (QED) is 0.495. The minimum atomic E-state index is -1.12. The molecule has 0 fully saturated rings. The zero-order chi connectivity index (χ0) is 8.32. The van der Waals surface area contributed by atoms with E-state index in [0.717, 1.165) is 25.4 Å². The van der Waals surface area contributed by atoms with Gasteiger partial charge in [-0.25, -0.2) is 0 Å². The predicted octanol–water partition coefficient (Wildman–Crippen LogP) is 2.29. The molecule has 0 atom stereocenters. The van der Waals surface area contributed by atoms with Gasteiger partial charge in [-0.1, -0.05) is 37.8 Å². The highest BCUT2D eigenvalue weighted by molar-refractivity contribution is 8.13. The lowest BCUT2D eigenvalue weighted by molar-refractivity contribution is 0.507. The van der Waals surface area contributed by atoms with Crippen LogP contribution in [-0.4, -0.2) is 30.1 Å². The van der Waals surface area contributed by atoms with Crippen molar-refractivity contribution in [2.24, 2.45) is 0 Å². The summed E-state index contributed by atoms with van der Waals surface area (Å²) in [5.74, 6) is 0. The molecule has 3 heteroatoms. The molecule has 0 amide bonds. The second kappa shape index (κ2) is 3.84. The van der Waals surface area contributed by atoms with E-state index < -0.39 is 6.19 Å². The smallest absolute Gasteiger partial charge is 0.0223 e. The van der Waals surface area contributed by atoms with Crippen molar-refractivity contribution in [1.29, 1.82) is 0 Å². The molecule has 64 valence electrons. The van der Waals surface area contributed by atoms with Crippen LogP contribution in [0.2, 0.25) is 0 Å². The van der Waals surface area contributed by atoms with E-state index in [1.807, 2.05) is 0 Å². The van der Waals surface area contributed by atoms with Crippen LogP contribution in [0.4, 0.5) is 0 Å². The van der Waals surface area contributed by atoms with Crippen molar-refractivity contribution < 1.29 is 0 Å². The average molecular weight is 189 g/mol. The summed E-state index contributed by atoms with van der Waals surface area (Å²) in [6.07, 6.45) is 5.69. The molecule has 0 bridgehead atoms.